The van der Waals surface area contributed by atoms with Crippen LogP contribution in [0.25, 0.3) is 0 Å². The summed E-state index contributed by atoms with van der Waals surface area (Å²) in [7, 11) is 0.752. The molecular formula is C3H9ClN2O3S2. The van der Waals surface area contributed by atoms with Crippen molar-refractivity contribution in [2.24, 2.45) is 3.77 Å². The van der Waals surface area contributed by atoms with E-state index in [9.17, 15) is 12.6 Å². The Hall–Kier alpha value is 0.150. The van der Waals surface area contributed by atoms with Gasteiger partial charge in [0.05, 0.1) is 0 Å². The number of rotatable bonds is 2. The van der Waals surface area contributed by atoms with Crippen molar-refractivity contribution in [3.63, 3.8) is 0 Å². The van der Waals surface area contributed by atoms with Crippen molar-refractivity contribution in [1.82, 2.24) is 4.31 Å². The minimum atomic E-state index is -4.05. The number of hydrogen-bond donors (Lipinski definition) is 0. The molecule has 0 fully saturated rings. The van der Waals surface area contributed by atoms with Crippen LogP contribution in [0.2, 0.25) is 0 Å². The standard InChI is InChI=1S/C3H9ClN2O3S2/c1-6(2)10(3,7)5-11(4,8)9/h1-3H3/t10-/m1/s1. The van der Waals surface area contributed by atoms with Gasteiger partial charge in [0.2, 0.25) is 0 Å². The van der Waals surface area contributed by atoms with Gasteiger partial charge >= 0.3 is 9.24 Å². The van der Waals surface area contributed by atoms with Gasteiger partial charge in [0.25, 0.3) is 0 Å². The zero-order chi connectivity index (χ0) is 9.28. The van der Waals surface area contributed by atoms with Crippen LogP contribution in [-0.4, -0.2) is 37.3 Å². The molecule has 1 atom stereocenters. The summed E-state index contributed by atoms with van der Waals surface area (Å²) in [6.07, 6.45) is 1.19. The highest BCUT2D eigenvalue weighted by atomic mass is 35.7. The van der Waals surface area contributed by atoms with E-state index in [1.54, 1.807) is 0 Å². The lowest BCUT2D eigenvalue weighted by Crippen LogP contribution is -2.20. The van der Waals surface area contributed by atoms with E-state index in [4.69, 9.17) is 10.7 Å². The van der Waals surface area contributed by atoms with Crippen LogP contribution in [0, 0.1) is 0 Å². The molecule has 0 aromatic rings. The van der Waals surface area contributed by atoms with E-state index in [2.05, 4.69) is 3.77 Å². The maximum atomic E-state index is 11.2. The predicted molar refractivity (Wildman–Crippen MR) is 45.0 cm³/mol. The molecule has 0 radical (unpaired) electrons. The second-order valence-electron chi connectivity index (χ2n) is 2.06. The molecule has 0 amide bonds. The van der Waals surface area contributed by atoms with E-state index < -0.39 is 19.2 Å². The Bertz CT molecular complexity index is 338. The molecule has 0 unspecified atom stereocenters. The van der Waals surface area contributed by atoms with Gasteiger partial charge in [-0.3, -0.25) is 0 Å². The molecule has 0 rings (SSSR count). The molecule has 0 heterocycles. The van der Waals surface area contributed by atoms with E-state index in [1.807, 2.05) is 0 Å². The van der Waals surface area contributed by atoms with Crippen LogP contribution >= 0.6 is 10.7 Å². The maximum absolute atomic E-state index is 11.2. The van der Waals surface area contributed by atoms with Crippen molar-refractivity contribution in [3.8, 4) is 0 Å². The molecule has 0 aliphatic heterocycles. The summed E-state index contributed by atoms with van der Waals surface area (Å²) in [6, 6.07) is 0. The first-order chi connectivity index (χ1) is 4.65. The quantitative estimate of drug-likeness (QED) is 0.618. The molecule has 8 heteroatoms. The molecule has 5 nitrogen and oxygen atoms in total. The van der Waals surface area contributed by atoms with Crippen LogP contribution in [0.1, 0.15) is 0 Å². The lowest BCUT2D eigenvalue weighted by Gasteiger charge is -2.09. The van der Waals surface area contributed by atoms with E-state index in [0.717, 1.165) is 0 Å². The van der Waals surface area contributed by atoms with Gasteiger partial charge < -0.3 is 0 Å². The summed E-state index contributed by atoms with van der Waals surface area (Å²) in [6.45, 7) is 0. The zero-order valence-corrected chi connectivity index (χ0v) is 8.70. The fourth-order valence-corrected chi connectivity index (χ4v) is 3.03. The molecule has 11 heavy (non-hydrogen) atoms. The third-order valence-corrected chi connectivity index (χ3v) is 4.59. The Morgan fingerprint density at radius 2 is 1.64 bits per heavy atom. The van der Waals surface area contributed by atoms with Crippen LogP contribution in [0.4, 0.5) is 0 Å². The first-order valence-corrected chi connectivity index (χ1v) is 6.65. The molecule has 68 valence electrons. The first kappa shape index (κ1) is 11.2. The van der Waals surface area contributed by atoms with Crippen molar-refractivity contribution in [1.29, 1.82) is 0 Å². The van der Waals surface area contributed by atoms with E-state index in [0.29, 0.717) is 0 Å². The van der Waals surface area contributed by atoms with E-state index >= 15 is 0 Å². The Balaban J connectivity index is 5.18. The van der Waals surface area contributed by atoms with Crippen molar-refractivity contribution >= 4 is 29.8 Å². The molecule has 0 aliphatic carbocycles. The van der Waals surface area contributed by atoms with Gasteiger partial charge in [-0.2, -0.15) is 8.42 Å². The van der Waals surface area contributed by atoms with Gasteiger partial charge in [0, 0.05) is 31.0 Å². The maximum Gasteiger partial charge on any atom is 0.348 e. The number of hydrogen-bond acceptors (Lipinski definition) is 3. The van der Waals surface area contributed by atoms with Crippen molar-refractivity contribution in [3.05, 3.63) is 0 Å². The van der Waals surface area contributed by atoms with Crippen LogP contribution in [0.5, 0.6) is 0 Å². The smallest absolute Gasteiger partial charge is 0.233 e. The van der Waals surface area contributed by atoms with Crippen LogP contribution in [0.15, 0.2) is 3.77 Å². The third kappa shape index (κ3) is 4.57. The SMILES string of the molecule is CN(C)[S@](C)(=O)=NS(=O)(=O)Cl. The Morgan fingerprint density at radius 3 is 1.73 bits per heavy atom. The van der Waals surface area contributed by atoms with E-state index in [1.165, 1.54) is 24.7 Å². The number of halogens is 1. The molecule has 0 spiro atoms. The van der Waals surface area contributed by atoms with Gasteiger partial charge in [-0.05, 0) is 0 Å². The summed E-state index contributed by atoms with van der Waals surface area (Å²) >= 11 is 0. The second kappa shape index (κ2) is 3.26. The third-order valence-electron chi connectivity index (χ3n) is 0.905. The summed E-state index contributed by atoms with van der Waals surface area (Å²) in [5.74, 6) is 0. The summed E-state index contributed by atoms with van der Waals surface area (Å²) in [4.78, 5) is 0. The fourth-order valence-electron chi connectivity index (χ4n) is 0.232. The van der Waals surface area contributed by atoms with Crippen molar-refractivity contribution < 1.29 is 12.6 Å². The van der Waals surface area contributed by atoms with Gasteiger partial charge in [-0.1, -0.05) is 3.77 Å². The van der Waals surface area contributed by atoms with Crippen LogP contribution in [-0.2, 0) is 19.2 Å². The second-order valence-corrected chi connectivity index (χ2v) is 6.91. The topological polar surface area (TPSA) is 66.8 Å². The minimum Gasteiger partial charge on any atom is -0.233 e. The molecule has 0 saturated heterocycles. The Morgan fingerprint density at radius 1 is 1.27 bits per heavy atom. The summed E-state index contributed by atoms with van der Waals surface area (Å²) in [5, 5.41) is 0. The van der Waals surface area contributed by atoms with Crippen LogP contribution < -0.4 is 0 Å². The van der Waals surface area contributed by atoms with Gasteiger partial charge in [-0.15, -0.1) is 0 Å². The highest BCUT2D eigenvalue weighted by Gasteiger charge is 2.10. The average molecular weight is 221 g/mol. The molecule has 0 saturated carbocycles. The largest absolute Gasteiger partial charge is 0.348 e. The number of nitrogens with zero attached hydrogens (tertiary/aromatic N) is 2. The monoisotopic (exact) mass is 220 g/mol. The Labute approximate surface area is 71.2 Å². The zero-order valence-electron chi connectivity index (χ0n) is 6.31. The summed E-state index contributed by atoms with van der Waals surface area (Å²) in [5.41, 5.74) is 0. The molecular weight excluding hydrogens is 212 g/mol. The lowest BCUT2D eigenvalue weighted by atomic mass is 11.3. The van der Waals surface area contributed by atoms with Gasteiger partial charge in [0.15, 0.2) is 0 Å². The predicted octanol–water partition coefficient (Wildman–Crippen LogP) is 0.0444. The van der Waals surface area contributed by atoms with Crippen molar-refractivity contribution in [2.75, 3.05) is 20.4 Å². The summed E-state index contributed by atoms with van der Waals surface area (Å²) < 4.78 is 36.0. The van der Waals surface area contributed by atoms with Gasteiger partial charge in [-0.25, -0.2) is 8.51 Å². The first-order valence-electron chi connectivity index (χ1n) is 2.50. The van der Waals surface area contributed by atoms with Crippen LogP contribution in [0.3, 0.4) is 0 Å². The van der Waals surface area contributed by atoms with Gasteiger partial charge in [0.1, 0.15) is 9.92 Å². The highest BCUT2D eigenvalue weighted by molar-refractivity contribution is 8.16. The van der Waals surface area contributed by atoms with Crippen molar-refractivity contribution in [2.45, 2.75) is 0 Å². The highest BCUT2D eigenvalue weighted by Crippen LogP contribution is 2.04. The molecule has 0 aromatic carbocycles. The normalized spacial score (nSPS) is 17.9. The molecule has 0 bridgehead atoms. The molecule has 0 aromatic heterocycles. The Kier molecular flexibility index (Phi) is 3.30. The average Bonchev–Trinajstić information content (AvgIpc) is 1.56. The molecule has 0 N–H and O–H groups in total. The lowest BCUT2D eigenvalue weighted by molar-refractivity contribution is 0.594. The van der Waals surface area contributed by atoms with E-state index in [-0.39, 0.29) is 0 Å². The minimum absolute atomic E-state index is 1.19. The molecule has 0 aliphatic rings. The fraction of sp³-hybridized carbons (Fsp3) is 1.00.